The molecule has 0 aliphatic heterocycles. The molecule has 0 aliphatic carbocycles. The molecule has 2 rings (SSSR count). The number of hydrogen-bond acceptors (Lipinski definition) is 2. The van der Waals surface area contributed by atoms with Crippen molar-refractivity contribution >= 4 is 22.8 Å². The van der Waals surface area contributed by atoms with Crippen molar-refractivity contribution in [2.75, 3.05) is 0 Å². The van der Waals surface area contributed by atoms with Crippen LogP contribution in [0.4, 0.5) is 0 Å². The maximum atomic E-state index is 11.4. The zero-order chi connectivity index (χ0) is 14.5. The molecular formula is C15H14N2O3. The molecule has 0 unspecified atom stereocenters. The third kappa shape index (κ3) is 2.98. The lowest BCUT2D eigenvalue weighted by Gasteiger charge is -2.13. The van der Waals surface area contributed by atoms with E-state index in [9.17, 15) is 14.7 Å². The largest absolute Gasteiger partial charge is 0.480 e. The number of fused-ring (bicyclic) bond motifs is 1. The minimum Gasteiger partial charge on any atom is -0.480 e. The Hall–Kier alpha value is -2.74. The van der Waals surface area contributed by atoms with Crippen LogP contribution in [0.3, 0.4) is 0 Å². The highest BCUT2D eigenvalue weighted by Crippen LogP contribution is 2.19. The first-order chi connectivity index (χ1) is 9.61. The van der Waals surface area contributed by atoms with Crippen molar-refractivity contribution in [2.45, 2.75) is 18.9 Å². The van der Waals surface area contributed by atoms with Crippen molar-refractivity contribution in [3.05, 3.63) is 36.0 Å². The predicted molar refractivity (Wildman–Crippen MR) is 75.0 cm³/mol. The summed E-state index contributed by atoms with van der Waals surface area (Å²) in [4.78, 5) is 25.7. The molecule has 0 saturated heterocycles. The number of aliphatic carboxylic acids is 1. The van der Waals surface area contributed by atoms with Crippen LogP contribution < -0.4 is 5.32 Å². The smallest absolute Gasteiger partial charge is 0.326 e. The van der Waals surface area contributed by atoms with Gasteiger partial charge in [-0.3, -0.25) is 4.79 Å². The van der Waals surface area contributed by atoms with Crippen LogP contribution in [0, 0.1) is 12.3 Å². The molecule has 102 valence electrons. The minimum atomic E-state index is -1.08. The van der Waals surface area contributed by atoms with Gasteiger partial charge in [-0.15, -0.1) is 6.42 Å². The number of carbonyl (C=O) groups excluding carboxylic acids is 1. The van der Waals surface area contributed by atoms with Gasteiger partial charge in [0.05, 0.1) is 6.42 Å². The van der Waals surface area contributed by atoms with E-state index in [2.05, 4.69) is 16.2 Å². The quantitative estimate of drug-likeness (QED) is 0.716. The number of rotatable bonds is 5. The number of carboxylic acids is 1. The number of carbonyl (C=O) groups is 2. The lowest BCUT2D eigenvalue weighted by molar-refractivity contribution is -0.141. The van der Waals surface area contributed by atoms with Gasteiger partial charge in [0.15, 0.2) is 0 Å². The van der Waals surface area contributed by atoms with Gasteiger partial charge in [-0.2, -0.15) is 0 Å². The molecule has 0 spiro atoms. The van der Waals surface area contributed by atoms with Crippen molar-refractivity contribution in [2.24, 2.45) is 0 Å². The molecule has 5 heteroatoms. The number of benzene rings is 1. The highest BCUT2D eigenvalue weighted by molar-refractivity contribution is 5.87. The summed E-state index contributed by atoms with van der Waals surface area (Å²) in [5.41, 5.74) is 1.77. The number of amides is 1. The zero-order valence-electron chi connectivity index (χ0n) is 10.7. The fourth-order valence-electron chi connectivity index (χ4n) is 2.06. The van der Waals surface area contributed by atoms with E-state index >= 15 is 0 Å². The summed E-state index contributed by atoms with van der Waals surface area (Å²) >= 11 is 0. The number of nitrogens with one attached hydrogen (secondary N) is 2. The van der Waals surface area contributed by atoms with E-state index in [0.717, 1.165) is 16.5 Å². The van der Waals surface area contributed by atoms with Crippen LogP contribution in [0.1, 0.15) is 12.0 Å². The van der Waals surface area contributed by atoms with E-state index in [1.54, 1.807) is 6.20 Å². The third-order valence-corrected chi connectivity index (χ3v) is 2.99. The fraction of sp³-hybridized carbons (Fsp3) is 0.200. The Morgan fingerprint density at radius 1 is 1.40 bits per heavy atom. The van der Waals surface area contributed by atoms with Gasteiger partial charge in [0.25, 0.3) is 0 Å². The van der Waals surface area contributed by atoms with Crippen LogP contribution in [0.5, 0.6) is 0 Å². The predicted octanol–water partition coefficient (Wildman–Crippen LogP) is 1.30. The highest BCUT2D eigenvalue weighted by Gasteiger charge is 2.21. The van der Waals surface area contributed by atoms with Gasteiger partial charge in [0.2, 0.25) is 5.91 Å². The maximum absolute atomic E-state index is 11.4. The topological polar surface area (TPSA) is 82.2 Å². The number of aromatic nitrogens is 1. The molecule has 1 aromatic heterocycles. The number of terminal acetylenes is 1. The molecule has 1 aromatic carbocycles. The SMILES string of the molecule is C#CCC(=O)N[C@H](Cc1c[nH]c2ccccc12)C(=O)O. The van der Waals surface area contributed by atoms with Crippen molar-refractivity contribution in [3.63, 3.8) is 0 Å². The van der Waals surface area contributed by atoms with Crippen LogP contribution >= 0.6 is 0 Å². The number of hydrogen-bond donors (Lipinski definition) is 3. The molecule has 3 N–H and O–H groups in total. The Morgan fingerprint density at radius 3 is 2.85 bits per heavy atom. The number of aromatic amines is 1. The normalized spacial score (nSPS) is 11.8. The second kappa shape index (κ2) is 5.93. The van der Waals surface area contributed by atoms with Crippen LogP contribution in [0.15, 0.2) is 30.5 Å². The lowest BCUT2D eigenvalue weighted by atomic mass is 10.0. The summed E-state index contributed by atoms with van der Waals surface area (Å²) in [5, 5.41) is 12.6. The Balaban J connectivity index is 2.18. The van der Waals surface area contributed by atoms with Gasteiger partial charge in [-0.05, 0) is 11.6 Å². The summed E-state index contributed by atoms with van der Waals surface area (Å²) in [5.74, 6) is 0.648. The van der Waals surface area contributed by atoms with Gasteiger partial charge in [-0.1, -0.05) is 24.1 Å². The van der Waals surface area contributed by atoms with Crippen LogP contribution in [0.2, 0.25) is 0 Å². The van der Waals surface area contributed by atoms with E-state index in [4.69, 9.17) is 6.42 Å². The Kier molecular flexibility index (Phi) is 4.06. The van der Waals surface area contributed by atoms with E-state index in [1.165, 1.54) is 0 Å². The molecule has 0 fully saturated rings. The van der Waals surface area contributed by atoms with Crippen molar-refractivity contribution in [3.8, 4) is 12.3 Å². The van der Waals surface area contributed by atoms with E-state index in [0.29, 0.717) is 0 Å². The lowest BCUT2D eigenvalue weighted by Crippen LogP contribution is -2.42. The van der Waals surface area contributed by atoms with Gasteiger partial charge in [-0.25, -0.2) is 4.79 Å². The Labute approximate surface area is 116 Å². The maximum Gasteiger partial charge on any atom is 0.326 e. The molecule has 0 radical (unpaired) electrons. The van der Waals surface area contributed by atoms with E-state index in [-0.39, 0.29) is 12.8 Å². The van der Waals surface area contributed by atoms with Crippen LogP contribution in [-0.4, -0.2) is 28.0 Å². The summed E-state index contributed by atoms with van der Waals surface area (Å²) in [6.45, 7) is 0. The molecule has 1 amide bonds. The number of para-hydroxylation sites is 1. The summed E-state index contributed by atoms with van der Waals surface area (Å²) < 4.78 is 0. The molecule has 5 nitrogen and oxygen atoms in total. The van der Waals surface area contributed by atoms with Crippen molar-refractivity contribution < 1.29 is 14.7 Å². The molecule has 0 saturated carbocycles. The molecule has 0 bridgehead atoms. The summed E-state index contributed by atoms with van der Waals surface area (Å²) in [6.07, 6.45) is 6.86. The Morgan fingerprint density at radius 2 is 2.15 bits per heavy atom. The minimum absolute atomic E-state index is 0.127. The molecular weight excluding hydrogens is 256 g/mol. The highest BCUT2D eigenvalue weighted by atomic mass is 16.4. The first kappa shape index (κ1) is 13.7. The van der Waals surface area contributed by atoms with E-state index in [1.807, 2.05) is 24.3 Å². The van der Waals surface area contributed by atoms with Gasteiger partial charge in [0, 0.05) is 23.5 Å². The second-order valence-corrected chi connectivity index (χ2v) is 4.40. The standard InChI is InChI=1S/C15H14N2O3/c1-2-5-14(18)17-13(15(19)20)8-10-9-16-12-7-4-3-6-11(10)12/h1,3-4,6-7,9,13,16H,5,8H2,(H,17,18)(H,19,20)/t13-/m1/s1. The van der Waals surface area contributed by atoms with Gasteiger partial charge >= 0.3 is 5.97 Å². The first-order valence-electron chi connectivity index (χ1n) is 6.12. The van der Waals surface area contributed by atoms with Crippen molar-refractivity contribution in [1.82, 2.24) is 10.3 Å². The van der Waals surface area contributed by atoms with E-state index < -0.39 is 17.9 Å². The average molecular weight is 270 g/mol. The van der Waals surface area contributed by atoms with Crippen LogP contribution in [-0.2, 0) is 16.0 Å². The molecule has 2 aromatic rings. The average Bonchev–Trinajstić information content (AvgIpc) is 2.82. The van der Waals surface area contributed by atoms with Gasteiger partial charge < -0.3 is 15.4 Å². The Bertz CT molecular complexity index is 682. The first-order valence-corrected chi connectivity index (χ1v) is 6.12. The van der Waals surface area contributed by atoms with Crippen LogP contribution in [0.25, 0.3) is 10.9 Å². The molecule has 0 aliphatic rings. The third-order valence-electron chi connectivity index (χ3n) is 2.99. The molecule has 1 atom stereocenters. The molecule has 20 heavy (non-hydrogen) atoms. The monoisotopic (exact) mass is 270 g/mol. The summed E-state index contributed by atoms with van der Waals surface area (Å²) in [7, 11) is 0. The molecule has 1 heterocycles. The van der Waals surface area contributed by atoms with Crippen molar-refractivity contribution in [1.29, 1.82) is 0 Å². The fourth-order valence-corrected chi connectivity index (χ4v) is 2.06. The summed E-state index contributed by atoms with van der Waals surface area (Å²) in [6, 6.07) is 6.60. The number of carboxylic acid groups (broad SMARTS) is 1. The second-order valence-electron chi connectivity index (χ2n) is 4.40. The zero-order valence-corrected chi connectivity index (χ0v) is 10.7. The number of H-pyrrole nitrogens is 1. The van der Waals surface area contributed by atoms with Gasteiger partial charge in [0.1, 0.15) is 6.04 Å².